The highest BCUT2D eigenvalue weighted by Crippen LogP contribution is 2.17. The van der Waals surface area contributed by atoms with Crippen molar-refractivity contribution in [3.8, 4) is 5.75 Å². The highest BCUT2D eigenvalue weighted by atomic mass is 79.9. The van der Waals surface area contributed by atoms with Gasteiger partial charge in [-0.05, 0) is 49.4 Å². The van der Waals surface area contributed by atoms with Crippen molar-refractivity contribution in [2.75, 3.05) is 11.9 Å². The Hall–Kier alpha value is -2.41. The number of anilines is 1. The zero-order valence-electron chi connectivity index (χ0n) is 13.5. The topological polar surface area (TPSA) is 64.6 Å². The predicted octanol–water partition coefficient (Wildman–Crippen LogP) is 3.93. The molecule has 2 aromatic carbocycles. The van der Waals surface area contributed by atoms with Gasteiger partial charge in [-0.3, -0.25) is 9.59 Å². The molecule has 0 saturated carbocycles. The second-order valence-electron chi connectivity index (χ2n) is 5.18. The number of rotatable bonds is 7. The van der Waals surface area contributed by atoms with Crippen LogP contribution < -0.4 is 10.1 Å². The lowest BCUT2D eigenvalue weighted by Gasteiger charge is -2.14. The number of nitrogens with one attached hydrogen (secondary N) is 1. The maximum atomic E-state index is 12.8. The molecule has 0 bridgehead atoms. The van der Waals surface area contributed by atoms with Gasteiger partial charge in [0.15, 0.2) is 6.10 Å². The lowest BCUT2D eigenvalue weighted by molar-refractivity contribution is -0.153. The molecule has 5 nitrogen and oxygen atoms in total. The molecule has 1 amide bonds. The van der Waals surface area contributed by atoms with Crippen molar-refractivity contribution >= 4 is 33.5 Å². The molecule has 0 unspecified atom stereocenters. The Morgan fingerprint density at radius 3 is 2.60 bits per heavy atom. The first-order chi connectivity index (χ1) is 11.9. The van der Waals surface area contributed by atoms with E-state index in [1.165, 1.54) is 31.2 Å². The Balaban J connectivity index is 1.73. The largest absolute Gasteiger partial charge is 0.493 e. The van der Waals surface area contributed by atoms with Crippen molar-refractivity contribution in [1.82, 2.24) is 0 Å². The fourth-order valence-corrected chi connectivity index (χ4v) is 2.27. The molecule has 0 aliphatic heterocycles. The van der Waals surface area contributed by atoms with Crippen LogP contribution in [-0.4, -0.2) is 24.6 Å². The highest BCUT2D eigenvalue weighted by molar-refractivity contribution is 9.10. The summed E-state index contributed by atoms with van der Waals surface area (Å²) in [5.74, 6) is -0.809. The van der Waals surface area contributed by atoms with Crippen molar-refractivity contribution in [2.45, 2.75) is 19.4 Å². The summed E-state index contributed by atoms with van der Waals surface area (Å²) < 4.78 is 24.2. The average Bonchev–Trinajstić information content (AvgIpc) is 2.57. The number of halogens is 2. The van der Waals surface area contributed by atoms with Crippen molar-refractivity contribution < 1.29 is 23.5 Å². The van der Waals surface area contributed by atoms with Gasteiger partial charge < -0.3 is 14.8 Å². The third kappa shape index (κ3) is 6.54. The van der Waals surface area contributed by atoms with E-state index in [1.54, 1.807) is 12.1 Å². The maximum Gasteiger partial charge on any atom is 0.310 e. The van der Waals surface area contributed by atoms with Gasteiger partial charge in [0.25, 0.3) is 5.91 Å². The van der Waals surface area contributed by atoms with Crippen LogP contribution in [-0.2, 0) is 14.3 Å². The Kier molecular flexibility index (Phi) is 6.94. The van der Waals surface area contributed by atoms with Gasteiger partial charge >= 0.3 is 5.97 Å². The van der Waals surface area contributed by atoms with Crippen molar-refractivity contribution in [2.24, 2.45) is 0 Å². The van der Waals surface area contributed by atoms with Crippen LogP contribution in [0.15, 0.2) is 53.0 Å². The maximum absolute atomic E-state index is 12.8. The van der Waals surface area contributed by atoms with Gasteiger partial charge in [0, 0.05) is 10.2 Å². The number of esters is 1. The fourth-order valence-electron chi connectivity index (χ4n) is 1.90. The summed E-state index contributed by atoms with van der Waals surface area (Å²) >= 11 is 3.33. The van der Waals surface area contributed by atoms with Crippen molar-refractivity contribution in [3.05, 3.63) is 58.8 Å². The van der Waals surface area contributed by atoms with Gasteiger partial charge in [0.05, 0.1) is 13.0 Å². The van der Waals surface area contributed by atoms with E-state index >= 15 is 0 Å². The predicted molar refractivity (Wildman–Crippen MR) is 94.8 cm³/mol. The first-order valence-electron chi connectivity index (χ1n) is 7.58. The lowest BCUT2D eigenvalue weighted by Crippen LogP contribution is -2.30. The van der Waals surface area contributed by atoms with Crippen molar-refractivity contribution in [3.63, 3.8) is 0 Å². The van der Waals surface area contributed by atoms with Crippen LogP contribution in [0.2, 0.25) is 0 Å². The summed E-state index contributed by atoms with van der Waals surface area (Å²) in [5.41, 5.74) is 0.423. The molecule has 2 aromatic rings. The third-order valence-electron chi connectivity index (χ3n) is 3.16. The zero-order valence-corrected chi connectivity index (χ0v) is 15.1. The van der Waals surface area contributed by atoms with Crippen LogP contribution in [0.4, 0.5) is 10.1 Å². The Bertz CT molecular complexity index is 736. The smallest absolute Gasteiger partial charge is 0.310 e. The Morgan fingerprint density at radius 1 is 1.20 bits per heavy atom. The number of ether oxygens (including phenoxy) is 2. The molecule has 0 heterocycles. The number of benzene rings is 2. The van der Waals surface area contributed by atoms with Gasteiger partial charge in [0.1, 0.15) is 11.6 Å². The number of carbonyl (C=O) groups is 2. The molecule has 0 aliphatic rings. The van der Waals surface area contributed by atoms with Gasteiger partial charge in [-0.15, -0.1) is 0 Å². The van der Waals surface area contributed by atoms with E-state index in [1.807, 2.05) is 12.1 Å². The molecule has 0 aromatic heterocycles. The number of hydrogen-bond acceptors (Lipinski definition) is 4. The first kappa shape index (κ1) is 18.9. The molecule has 132 valence electrons. The summed E-state index contributed by atoms with van der Waals surface area (Å²) in [6.45, 7) is 1.60. The average molecular weight is 410 g/mol. The monoisotopic (exact) mass is 409 g/mol. The Labute approximate surface area is 153 Å². The standard InChI is InChI=1S/C18H17BrFNO4/c1-12(18(23)21-15-7-5-14(20)6-8-15)25-17(22)9-10-24-16-4-2-3-13(19)11-16/h2-8,11-12H,9-10H2,1H3,(H,21,23)/t12-/m1/s1. The normalized spacial score (nSPS) is 11.5. The van der Waals surface area contributed by atoms with Crippen molar-refractivity contribution in [1.29, 1.82) is 0 Å². The molecular weight excluding hydrogens is 393 g/mol. The molecular formula is C18H17BrFNO4. The van der Waals surface area contributed by atoms with Crippen LogP contribution >= 0.6 is 15.9 Å². The minimum atomic E-state index is -0.969. The lowest BCUT2D eigenvalue weighted by atomic mass is 10.3. The summed E-state index contributed by atoms with van der Waals surface area (Å²) in [4.78, 5) is 23.7. The van der Waals surface area contributed by atoms with Crippen LogP contribution in [0.25, 0.3) is 0 Å². The van der Waals surface area contributed by atoms with E-state index in [2.05, 4.69) is 21.2 Å². The van der Waals surface area contributed by atoms with E-state index in [-0.39, 0.29) is 13.0 Å². The quantitative estimate of drug-likeness (QED) is 0.703. The summed E-state index contributed by atoms with van der Waals surface area (Å²) in [6, 6.07) is 12.5. The van der Waals surface area contributed by atoms with Gasteiger partial charge in [-0.2, -0.15) is 0 Å². The molecule has 2 rings (SSSR count). The fraction of sp³-hybridized carbons (Fsp3) is 0.222. The van der Waals surface area contributed by atoms with Crippen LogP contribution in [0.3, 0.4) is 0 Å². The van der Waals surface area contributed by atoms with Crippen LogP contribution in [0.1, 0.15) is 13.3 Å². The van der Waals surface area contributed by atoms with Crippen LogP contribution in [0, 0.1) is 5.82 Å². The summed E-state index contributed by atoms with van der Waals surface area (Å²) in [7, 11) is 0. The van der Waals surface area contributed by atoms with E-state index in [0.717, 1.165) is 4.47 Å². The van der Waals surface area contributed by atoms with E-state index in [0.29, 0.717) is 11.4 Å². The molecule has 1 N–H and O–H groups in total. The molecule has 0 spiro atoms. The Morgan fingerprint density at radius 2 is 1.92 bits per heavy atom. The second kappa shape index (κ2) is 9.17. The molecule has 0 radical (unpaired) electrons. The minimum Gasteiger partial charge on any atom is -0.493 e. The second-order valence-corrected chi connectivity index (χ2v) is 6.10. The molecule has 0 saturated heterocycles. The van der Waals surface area contributed by atoms with E-state index < -0.39 is 23.8 Å². The number of carbonyl (C=O) groups excluding carboxylic acids is 2. The van der Waals surface area contributed by atoms with E-state index in [4.69, 9.17) is 9.47 Å². The zero-order chi connectivity index (χ0) is 18.2. The van der Waals surface area contributed by atoms with Gasteiger partial charge in [0.2, 0.25) is 0 Å². The first-order valence-corrected chi connectivity index (χ1v) is 8.37. The third-order valence-corrected chi connectivity index (χ3v) is 3.65. The van der Waals surface area contributed by atoms with E-state index in [9.17, 15) is 14.0 Å². The number of amides is 1. The molecule has 1 atom stereocenters. The highest BCUT2D eigenvalue weighted by Gasteiger charge is 2.18. The SMILES string of the molecule is C[C@@H](OC(=O)CCOc1cccc(Br)c1)C(=O)Nc1ccc(F)cc1. The molecule has 7 heteroatoms. The minimum absolute atomic E-state index is 0.0146. The molecule has 0 aliphatic carbocycles. The summed E-state index contributed by atoms with van der Waals surface area (Å²) in [5, 5.41) is 2.54. The molecule has 25 heavy (non-hydrogen) atoms. The summed E-state index contributed by atoms with van der Waals surface area (Å²) in [6.07, 6.45) is -0.954. The van der Waals surface area contributed by atoms with Gasteiger partial charge in [-0.25, -0.2) is 4.39 Å². The van der Waals surface area contributed by atoms with Gasteiger partial charge in [-0.1, -0.05) is 22.0 Å². The van der Waals surface area contributed by atoms with Crippen LogP contribution in [0.5, 0.6) is 5.75 Å². The number of hydrogen-bond donors (Lipinski definition) is 1. The molecule has 0 fully saturated rings.